The van der Waals surface area contributed by atoms with E-state index in [2.05, 4.69) is 56.3 Å². The summed E-state index contributed by atoms with van der Waals surface area (Å²) in [5.41, 5.74) is 7.09. The molecule has 0 heterocycles. The van der Waals surface area contributed by atoms with Crippen LogP contribution in [0.3, 0.4) is 0 Å². The second-order valence-electron chi connectivity index (χ2n) is 6.77. The summed E-state index contributed by atoms with van der Waals surface area (Å²) in [6.07, 6.45) is 2.53. The largest absolute Gasteiger partial charge is 0.117 e. The summed E-state index contributed by atoms with van der Waals surface area (Å²) in [6, 6.07) is 15.6. The van der Waals surface area contributed by atoms with Crippen molar-refractivity contribution in [2.75, 3.05) is 0 Å². The fourth-order valence-electron chi connectivity index (χ4n) is 4.28. The van der Waals surface area contributed by atoms with E-state index in [4.69, 9.17) is 11.6 Å². The first-order valence-electron chi connectivity index (χ1n) is 7.96. The average molecular weight is 297 g/mol. The van der Waals surface area contributed by atoms with Crippen molar-refractivity contribution >= 4 is 11.6 Å². The average Bonchev–Trinajstić information content (AvgIpc) is 3.24. The van der Waals surface area contributed by atoms with Gasteiger partial charge in [-0.3, -0.25) is 0 Å². The highest BCUT2D eigenvalue weighted by Gasteiger charge is 2.56. The highest BCUT2D eigenvalue weighted by Crippen LogP contribution is 2.65. The lowest BCUT2D eigenvalue weighted by atomic mass is 9.92. The predicted molar refractivity (Wildman–Crippen MR) is 89.0 cm³/mol. The molecule has 0 saturated heterocycles. The molecule has 1 heteroatoms. The zero-order chi connectivity index (χ0) is 14.6. The second-order valence-corrected chi connectivity index (χ2v) is 7.24. The minimum atomic E-state index is 0.158. The van der Waals surface area contributed by atoms with Crippen molar-refractivity contribution < 1.29 is 0 Å². The summed E-state index contributed by atoms with van der Waals surface area (Å²) < 4.78 is 0. The van der Waals surface area contributed by atoms with Crippen molar-refractivity contribution in [3.63, 3.8) is 0 Å². The van der Waals surface area contributed by atoms with Gasteiger partial charge in [-0.2, -0.15) is 0 Å². The molecular weight excluding hydrogens is 276 g/mol. The van der Waals surface area contributed by atoms with E-state index in [-0.39, 0.29) is 5.38 Å². The summed E-state index contributed by atoms with van der Waals surface area (Å²) in [4.78, 5) is 0. The van der Waals surface area contributed by atoms with Gasteiger partial charge in [0.05, 0.1) is 5.38 Å². The minimum Gasteiger partial charge on any atom is -0.117 e. The normalized spacial score (nSPS) is 27.7. The summed E-state index contributed by atoms with van der Waals surface area (Å²) >= 11 is 6.92. The summed E-state index contributed by atoms with van der Waals surface area (Å²) in [5.74, 6) is 2.11. The van der Waals surface area contributed by atoms with Gasteiger partial charge in [0.15, 0.2) is 0 Å². The number of halogens is 1. The fourth-order valence-corrected chi connectivity index (χ4v) is 4.86. The third-order valence-electron chi connectivity index (χ3n) is 5.46. The lowest BCUT2D eigenvalue weighted by Gasteiger charge is -2.14. The van der Waals surface area contributed by atoms with Crippen LogP contribution in [0.15, 0.2) is 42.5 Å². The Balaban J connectivity index is 1.66. The van der Waals surface area contributed by atoms with Crippen molar-refractivity contribution in [1.29, 1.82) is 0 Å². The molecule has 0 N–H and O–H groups in total. The van der Waals surface area contributed by atoms with Crippen molar-refractivity contribution in [3.05, 3.63) is 70.3 Å². The molecule has 4 unspecified atom stereocenters. The van der Waals surface area contributed by atoms with Crippen LogP contribution in [-0.2, 0) is 6.42 Å². The molecule has 0 aliphatic heterocycles. The van der Waals surface area contributed by atoms with Crippen molar-refractivity contribution in [2.24, 2.45) is 11.8 Å². The lowest BCUT2D eigenvalue weighted by molar-refractivity contribution is 0.621. The van der Waals surface area contributed by atoms with Crippen LogP contribution in [-0.4, -0.2) is 0 Å². The third kappa shape index (κ3) is 2.12. The van der Waals surface area contributed by atoms with Gasteiger partial charge < -0.3 is 0 Å². The number of alkyl halides is 1. The Labute approximate surface area is 132 Å². The third-order valence-corrected chi connectivity index (χ3v) is 5.99. The molecule has 2 aromatic carbocycles. The van der Waals surface area contributed by atoms with Crippen LogP contribution in [0.25, 0.3) is 0 Å². The molecule has 2 aliphatic rings. The Bertz CT molecular complexity index is 688. The lowest BCUT2D eigenvalue weighted by Crippen LogP contribution is -2.00. The fraction of sp³-hybridized carbons (Fsp3) is 0.400. The van der Waals surface area contributed by atoms with Crippen LogP contribution in [0.1, 0.15) is 45.5 Å². The molecule has 0 radical (unpaired) electrons. The molecule has 0 bridgehead atoms. The van der Waals surface area contributed by atoms with Crippen LogP contribution < -0.4 is 0 Å². The predicted octanol–water partition coefficient (Wildman–Crippen LogP) is 5.56. The van der Waals surface area contributed by atoms with Gasteiger partial charge in [0.25, 0.3) is 0 Å². The van der Waals surface area contributed by atoms with Gasteiger partial charge in [0, 0.05) is 0 Å². The van der Waals surface area contributed by atoms with Crippen molar-refractivity contribution in [1.82, 2.24) is 0 Å². The molecule has 0 aromatic heterocycles. The quantitative estimate of drug-likeness (QED) is 0.637. The highest BCUT2D eigenvalue weighted by atomic mass is 35.5. The SMILES string of the molecule is Cc1ccc(C)c(C(Cl)C2C3CCc4ccccc4C32)c1. The van der Waals surface area contributed by atoms with Crippen molar-refractivity contribution in [2.45, 2.75) is 38.0 Å². The molecule has 2 aromatic rings. The zero-order valence-electron chi connectivity index (χ0n) is 12.6. The van der Waals surface area contributed by atoms with Gasteiger partial charge in [-0.25, -0.2) is 0 Å². The standard InChI is InChI=1S/C20H21Cl/c1-12-7-8-13(2)17(11-12)20(21)19-16-10-9-14-5-3-4-6-15(14)18(16)19/h3-8,11,16,18-20H,9-10H2,1-2H3. The molecule has 21 heavy (non-hydrogen) atoms. The van der Waals surface area contributed by atoms with Crippen LogP contribution in [0, 0.1) is 25.7 Å². The molecule has 1 saturated carbocycles. The van der Waals surface area contributed by atoms with Gasteiger partial charge >= 0.3 is 0 Å². The van der Waals surface area contributed by atoms with Crippen LogP contribution in [0.4, 0.5) is 0 Å². The Morgan fingerprint density at radius 1 is 1.10 bits per heavy atom. The maximum atomic E-state index is 6.92. The number of fused-ring (bicyclic) bond motifs is 3. The molecule has 4 rings (SSSR count). The molecule has 1 fully saturated rings. The topological polar surface area (TPSA) is 0 Å². The monoisotopic (exact) mass is 296 g/mol. The molecule has 108 valence electrons. The van der Waals surface area contributed by atoms with E-state index in [1.165, 1.54) is 29.5 Å². The van der Waals surface area contributed by atoms with Crippen LogP contribution in [0.2, 0.25) is 0 Å². The first kappa shape index (κ1) is 13.4. The molecule has 0 nitrogen and oxygen atoms in total. The Kier molecular flexibility index (Phi) is 3.11. The smallest absolute Gasteiger partial charge is 0.0624 e. The van der Waals surface area contributed by atoms with Gasteiger partial charge in [0.2, 0.25) is 0 Å². The van der Waals surface area contributed by atoms with E-state index < -0.39 is 0 Å². The zero-order valence-corrected chi connectivity index (χ0v) is 13.4. The van der Waals surface area contributed by atoms with E-state index in [9.17, 15) is 0 Å². The van der Waals surface area contributed by atoms with E-state index >= 15 is 0 Å². The number of benzene rings is 2. The summed E-state index contributed by atoms with van der Waals surface area (Å²) in [7, 11) is 0. The molecular formula is C20H21Cl. The first-order chi connectivity index (χ1) is 10.2. The molecule has 4 atom stereocenters. The summed E-state index contributed by atoms with van der Waals surface area (Å²) in [5, 5.41) is 0.158. The molecule has 0 amide bonds. The Morgan fingerprint density at radius 2 is 1.90 bits per heavy atom. The van der Waals surface area contributed by atoms with E-state index in [0.717, 1.165) is 5.92 Å². The van der Waals surface area contributed by atoms with Gasteiger partial charge in [-0.05, 0) is 66.7 Å². The van der Waals surface area contributed by atoms with Crippen LogP contribution in [0.5, 0.6) is 0 Å². The van der Waals surface area contributed by atoms with E-state index in [1.54, 1.807) is 11.1 Å². The Hall–Kier alpha value is -1.27. The van der Waals surface area contributed by atoms with Gasteiger partial charge in [-0.1, -0.05) is 48.0 Å². The molecule has 0 spiro atoms. The Morgan fingerprint density at radius 3 is 2.76 bits per heavy atom. The maximum Gasteiger partial charge on any atom is 0.0624 e. The number of rotatable bonds is 2. The van der Waals surface area contributed by atoms with E-state index in [0.29, 0.717) is 11.8 Å². The first-order valence-corrected chi connectivity index (χ1v) is 8.39. The maximum absolute atomic E-state index is 6.92. The number of hydrogen-bond donors (Lipinski definition) is 0. The highest BCUT2D eigenvalue weighted by molar-refractivity contribution is 6.21. The van der Waals surface area contributed by atoms with Crippen molar-refractivity contribution in [3.8, 4) is 0 Å². The van der Waals surface area contributed by atoms with Gasteiger partial charge in [-0.15, -0.1) is 11.6 Å². The van der Waals surface area contributed by atoms with Gasteiger partial charge in [0.1, 0.15) is 0 Å². The second kappa shape index (κ2) is 4.88. The summed E-state index contributed by atoms with van der Waals surface area (Å²) in [6.45, 7) is 4.34. The number of hydrogen-bond acceptors (Lipinski definition) is 0. The van der Waals surface area contributed by atoms with E-state index in [1.807, 2.05) is 0 Å². The minimum absolute atomic E-state index is 0.158. The molecule has 2 aliphatic carbocycles. The van der Waals surface area contributed by atoms with Crippen LogP contribution >= 0.6 is 11.6 Å². The number of aryl methyl sites for hydroxylation is 3.